The molecule has 0 radical (unpaired) electrons. The number of nitrogens with zero attached hydrogens (tertiary/aromatic N) is 1. The van der Waals surface area contributed by atoms with Crippen LogP contribution < -0.4 is 0 Å². The van der Waals surface area contributed by atoms with Crippen LogP contribution in [0.15, 0.2) is 60.7 Å². The van der Waals surface area contributed by atoms with Crippen LogP contribution in [0.4, 0.5) is 26.7 Å². The van der Waals surface area contributed by atoms with Gasteiger partial charge in [-0.05, 0) is 50.1 Å². The van der Waals surface area contributed by atoms with Crippen LogP contribution in [-0.4, -0.2) is 42.3 Å². The minimum absolute atomic E-state index is 0.126. The minimum atomic E-state index is -4.72. The third-order valence-corrected chi connectivity index (χ3v) is 5.79. The number of hydrogen-bond donors (Lipinski definition) is 0. The van der Waals surface area contributed by atoms with Crippen molar-refractivity contribution in [2.75, 3.05) is 13.2 Å². The van der Waals surface area contributed by atoms with Crippen molar-refractivity contribution in [3.63, 3.8) is 0 Å². The van der Waals surface area contributed by atoms with E-state index >= 15 is 0 Å². The summed E-state index contributed by atoms with van der Waals surface area (Å²) in [4.78, 5) is 25.7. The molecule has 10 heteroatoms. The van der Waals surface area contributed by atoms with Crippen molar-refractivity contribution in [2.24, 2.45) is 0 Å². The first-order valence-electron chi connectivity index (χ1n) is 11.8. The first-order chi connectivity index (χ1) is 17.4. The summed E-state index contributed by atoms with van der Waals surface area (Å²) in [5, 5.41) is 0. The molecule has 2 aromatic rings. The van der Waals surface area contributed by atoms with Crippen LogP contribution >= 0.6 is 0 Å². The summed E-state index contributed by atoms with van der Waals surface area (Å²) in [6, 6.07) is 9.34. The Morgan fingerprint density at radius 1 is 1.11 bits per heavy atom. The molecule has 1 aliphatic rings. The van der Waals surface area contributed by atoms with Crippen LogP contribution in [-0.2, 0) is 28.0 Å². The summed E-state index contributed by atoms with van der Waals surface area (Å²) < 4.78 is 78.2. The molecule has 0 spiro atoms. The highest BCUT2D eigenvalue weighted by molar-refractivity contribution is 5.89. The van der Waals surface area contributed by atoms with E-state index in [2.05, 4.69) is 0 Å². The molecule has 0 aliphatic carbocycles. The van der Waals surface area contributed by atoms with Crippen LogP contribution in [0.1, 0.15) is 53.7 Å². The van der Waals surface area contributed by atoms with E-state index in [-0.39, 0.29) is 19.3 Å². The fourth-order valence-electron chi connectivity index (χ4n) is 3.85. The van der Waals surface area contributed by atoms with E-state index in [4.69, 9.17) is 9.47 Å². The molecule has 0 N–H and O–H groups in total. The SMILES string of the molecule is CC(C)OC(=O)c1ccc(CCN2C(=O)OCC[C@@H]2/C=C/CC(F)(F)c2cccc(C(F)(F)F)c2)cc1. The van der Waals surface area contributed by atoms with Gasteiger partial charge in [0.25, 0.3) is 5.92 Å². The predicted octanol–water partition coefficient (Wildman–Crippen LogP) is 6.76. The number of rotatable bonds is 9. The number of cyclic esters (lactones) is 1. The average Bonchev–Trinajstić information content (AvgIpc) is 2.83. The summed E-state index contributed by atoms with van der Waals surface area (Å²) in [6.07, 6.45) is -2.89. The van der Waals surface area contributed by atoms with Crippen molar-refractivity contribution in [1.82, 2.24) is 4.90 Å². The molecule has 1 amide bonds. The van der Waals surface area contributed by atoms with Gasteiger partial charge in [-0.2, -0.15) is 13.2 Å². The number of carbonyl (C=O) groups is 2. The summed E-state index contributed by atoms with van der Waals surface area (Å²) in [7, 11) is 0. The van der Waals surface area contributed by atoms with Gasteiger partial charge in [0.1, 0.15) is 0 Å². The Labute approximate surface area is 211 Å². The maximum absolute atomic E-state index is 14.6. The highest BCUT2D eigenvalue weighted by atomic mass is 19.4. The van der Waals surface area contributed by atoms with Gasteiger partial charge < -0.3 is 14.4 Å². The molecule has 1 aliphatic heterocycles. The fourth-order valence-corrected chi connectivity index (χ4v) is 3.85. The quantitative estimate of drug-likeness (QED) is 0.206. The van der Waals surface area contributed by atoms with Gasteiger partial charge in [0, 0.05) is 24.9 Å². The van der Waals surface area contributed by atoms with E-state index in [1.54, 1.807) is 38.1 Å². The molecular formula is C27H28F5NO4. The summed E-state index contributed by atoms with van der Waals surface area (Å²) in [5.41, 5.74) is -0.622. The predicted molar refractivity (Wildman–Crippen MR) is 126 cm³/mol. The molecule has 0 unspecified atom stereocenters. The van der Waals surface area contributed by atoms with E-state index in [1.807, 2.05) is 0 Å². The Morgan fingerprint density at radius 2 is 1.78 bits per heavy atom. The number of halogens is 5. The summed E-state index contributed by atoms with van der Waals surface area (Å²) >= 11 is 0. The molecule has 1 fully saturated rings. The van der Waals surface area contributed by atoms with Crippen LogP contribution in [0.5, 0.6) is 0 Å². The Balaban J connectivity index is 1.63. The van der Waals surface area contributed by atoms with Crippen LogP contribution in [0, 0.1) is 0 Å². The molecule has 0 aromatic heterocycles. The number of esters is 1. The van der Waals surface area contributed by atoms with Crippen molar-refractivity contribution in [3.05, 3.63) is 82.9 Å². The smallest absolute Gasteiger partial charge is 0.416 e. The first kappa shape index (κ1) is 28.1. The lowest BCUT2D eigenvalue weighted by Crippen LogP contribution is -2.45. The van der Waals surface area contributed by atoms with E-state index in [9.17, 15) is 31.5 Å². The van der Waals surface area contributed by atoms with Crippen molar-refractivity contribution in [2.45, 2.75) is 57.4 Å². The second-order valence-corrected chi connectivity index (χ2v) is 8.98. The highest BCUT2D eigenvalue weighted by Crippen LogP contribution is 2.36. The molecule has 1 atom stereocenters. The van der Waals surface area contributed by atoms with Crippen LogP contribution in [0.2, 0.25) is 0 Å². The molecule has 1 heterocycles. The monoisotopic (exact) mass is 525 g/mol. The molecule has 1 saturated heterocycles. The van der Waals surface area contributed by atoms with Gasteiger partial charge in [0.05, 0.1) is 29.9 Å². The normalized spacial score (nSPS) is 16.8. The largest absolute Gasteiger partial charge is 0.459 e. The van der Waals surface area contributed by atoms with E-state index in [0.29, 0.717) is 24.5 Å². The Bertz CT molecular complexity index is 1110. The van der Waals surface area contributed by atoms with Gasteiger partial charge in [-0.1, -0.05) is 36.4 Å². The van der Waals surface area contributed by atoms with Crippen molar-refractivity contribution >= 4 is 12.1 Å². The van der Waals surface area contributed by atoms with Crippen molar-refractivity contribution < 1.29 is 41.0 Å². The maximum atomic E-state index is 14.6. The van der Waals surface area contributed by atoms with Crippen molar-refractivity contribution in [1.29, 1.82) is 0 Å². The van der Waals surface area contributed by atoms with Crippen LogP contribution in [0.3, 0.4) is 0 Å². The third-order valence-electron chi connectivity index (χ3n) is 5.79. The molecule has 37 heavy (non-hydrogen) atoms. The molecule has 5 nitrogen and oxygen atoms in total. The number of allylic oxidation sites excluding steroid dienone is 1. The number of hydrogen-bond acceptors (Lipinski definition) is 4. The van der Waals surface area contributed by atoms with Gasteiger partial charge >= 0.3 is 18.2 Å². The van der Waals surface area contributed by atoms with Gasteiger partial charge in [0.2, 0.25) is 0 Å². The molecule has 2 aromatic carbocycles. The second kappa shape index (κ2) is 11.7. The Kier molecular flexibility index (Phi) is 8.94. The third kappa shape index (κ3) is 7.77. The van der Waals surface area contributed by atoms with Gasteiger partial charge in [-0.3, -0.25) is 0 Å². The topological polar surface area (TPSA) is 55.8 Å². The second-order valence-electron chi connectivity index (χ2n) is 8.98. The zero-order valence-corrected chi connectivity index (χ0v) is 20.4. The van der Waals surface area contributed by atoms with Gasteiger partial charge in [-0.15, -0.1) is 0 Å². The van der Waals surface area contributed by atoms with Gasteiger partial charge in [0.15, 0.2) is 0 Å². The van der Waals surface area contributed by atoms with Crippen LogP contribution in [0.25, 0.3) is 0 Å². The standard InChI is InChI=1S/C27H28F5NO4/c1-18(2)37-24(34)20-10-8-19(9-11-20)12-15-33-23(13-16-36-25(33)35)7-4-14-26(28,29)21-5-3-6-22(17-21)27(30,31)32/h3-11,17-18,23H,12-16H2,1-2H3/b7-4+/t23-/m0/s1. The zero-order valence-electron chi connectivity index (χ0n) is 20.4. The Hall–Kier alpha value is -3.43. The number of amides is 1. The highest BCUT2D eigenvalue weighted by Gasteiger charge is 2.36. The average molecular weight is 526 g/mol. The molecule has 0 bridgehead atoms. The molecular weight excluding hydrogens is 497 g/mol. The number of alkyl halides is 5. The Morgan fingerprint density at radius 3 is 2.43 bits per heavy atom. The number of benzene rings is 2. The zero-order chi connectivity index (χ0) is 27.2. The molecule has 3 rings (SSSR count). The molecule has 200 valence electrons. The number of carbonyl (C=O) groups excluding carboxylic acids is 2. The number of ether oxygens (including phenoxy) is 2. The lowest BCUT2D eigenvalue weighted by molar-refractivity contribution is -0.137. The van der Waals surface area contributed by atoms with Crippen molar-refractivity contribution in [3.8, 4) is 0 Å². The van der Waals surface area contributed by atoms with Gasteiger partial charge in [-0.25, -0.2) is 18.4 Å². The van der Waals surface area contributed by atoms with E-state index in [0.717, 1.165) is 23.8 Å². The van der Waals surface area contributed by atoms with E-state index in [1.165, 1.54) is 17.1 Å². The lowest BCUT2D eigenvalue weighted by Gasteiger charge is -2.33. The fraction of sp³-hybridized carbons (Fsp3) is 0.407. The first-order valence-corrected chi connectivity index (χ1v) is 11.8. The summed E-state index contributed by atoms with van der Waals surface area (Å²) in [5.74, 6) is -3.95. The maximum Gasteiger partial charge on any atom is 0.416 e. The van der Waals surface area contributed by atoms with E-state index < -0.39 is 47.8 Å². The lowest BCUT2D eigenvalue weighted by atomic mass is 10.0. The summed E-state index contributed by atoms with van der Waals surface area (Å²) in [6.45, 7) is 3.87. The molecule has 0 saturated carbocycles. The minimum Gasteiger partial charge on any atom is -0.459 e.